The highest BCUT2D eigenvalue weighted by Gasteiger charge is 2.30. The molecule has 0 aliphatic carbocycles. The third-order valence-corrected chi connectivity index (χ3v) is 3.22. The molecule has 0 aromatic carbocycles. The van der Waals surface area contributed by atoms with E-state index in [9.17, 15) is 4.79 Å². The van der Waals surface area contributed by atoms with E-state index in [0.29, 0.717) is 28.8 Å². The molecular formula is C9H7BrCl2N2O. The normalized spacial score (nSPS) is 21.1. The maximum Gasteiger partial charge on any atom is 0.229 e. The third-order valence-electron chi connectivity index (χ3n) is 2.12. The first-order chi connectivity index (χ1) is 7.08. The van der Waals surface area contributed by atoms with Crippen molar-refractivity contribution in [3.63, 3.8) is 0 Å². The Bertz CT molecular complexity index is 413. The minimum atomic E-state index is 0.0218. The van der Waals surface area contributed by atoms with Gasteiger partial charge in [0.1, 0.15) is 0 Å². The third kappa shape index (κ3) is 2.27. The smallest absolute Gasteiger partial charge is 0.229 e. The minimum Gasteiger partial charge on any atom is -0.294 e. The number of carbonyl (C=O) groups is 1. The Kier molecular flexibility index (Phi) is 3.19. The van der Waals surface area contributed by atoms with Gasteiger partial charge in [-0.25, -0.2) is 4.98 Å². The predicted octanol–water partition coefficient (Wildman–Crippen LogP) is 2.89. The Hall–Kier alpha value is -0.320. The molecule has 1 aliphatic rings. The van der Waals surface area contributed by atoms with Crippen LogP contribution >= 0.6 is 39.1 Å². The molecule has 1 aromatic heterocycles. The number of aromatic nitrogens is 1. The van der Waals surface area contributed by atoms with Crippen LogP contribution in [0.25, 0.3) is 0 Å². The van der Waals surface area contributed by atoms with Crippen LogP contribution in [0.2, 0.25) is 10.0 Å². The van der Waals surface area contributed by atoms with Crippen LogP contribution < -0.4 is 4.90 Å². The number of amides is 1. The summed E-state index contributed by atoms with van der Waals surface area (Å²) in [5.74, 6) is 0.501. The van der Waals surface area contributed by atoms with Crippen LogP contribution in [-0.2, 0) is 4.79 Å². The highest BCUT2D eigenvalue weighted by atomic mass is 79.9. The molecule has 0 N–H and O–H groups in total. The number of hydrogen-bond donors (Lipinski definition) is 0. The molecule has 6 heteroatoms. The van der Waals surface area contributed by atoms with Gasteiger partial charge in [0.2, 0.25) is 5.91 Å². The van der Waals surface area contributed by atoms with Crippen molar-refractivity contribution >= 4 is 50.9 Å². The standard InChI is InChI=1S/C9H7BrCl2N2O/c10-5-1-8(15)14(4-5)9-7(12)2-6(11)3-13-9/h2-3,5H,1,4H2. The molecule has 15 heavy (non-hydrogen) atoms. The molecule has 2 heterocycles. The molecule has 0 radical (unpaired) electrons. The maximum atomic E-state index is 11.6. The first-order valence-electron chi connectivity index (χ1n) is 4.33. The lowest BCUT2D eigenvalue weighted by Gasteiger charge is -2.15. The van der Waals surface area contributed by atoms with E-state index in [1.54, 1.807) is 11.0 Å². The molecule has 0 spiro atoms. The SMILES string of the molecule is O=C1CC(Br)CN1c1ncc(Cl)cc1Cl. The van der Waals surface area contributed by atoms with E-state index in [0.717, 1.165) is 0 Å². The van der Waals surface area contributed by atoms with E-state index in [-0.39, 0.29) is 10.7 Å². The summed E-state index contributed by atoms with van der Waals surface area (Å²) in [6, 6.07) is 1.58. The minimum absolute atomic E-state index is 0.0218. The summed E-state index contributed by atoms with van der Waals surface area (Å²) in [4.78, 5) is 17.4. The molecule has 1 fully saturated rings. The van der Waals surface area contributed by atoms with E-state index in [1.165, 1.54) is 6.20 Å². The van der Waals surface area contributed by atoms with E-state index in [2.05, 4.69) is 20.9 Å². The van der Waals surface area contributed by atoms with Gasteiger partial charge in [-0.2, -0.15) is 0 Å². The Balaban J connectivity index is 2.34. The van der Waals surface area contributed by atoms with Gasteiger partial charge in [0.05, 0.1) is 10.0 Å². The molecule has 80 valence electrons. The largest absolute Gasteiger partial charge is 0.294 e. The highest BCUT2D eigenvalue weighted by Crippen LogP contribution is 2.30. The van der Waals surface area contributed by atoms with Gasteiger partial charge < -0.3 is 0 Å². The fraction of sp³-hybridized carbons (Fsp3) is 0.333. The molecule has 1 aromatic rings. The van der Waals surface area contributed by atoms with Crippen LogP contribution in [0.4, 0.5) is 5.82 Å². The Morgan fingerprint density at radius 2 is 2.27 bits per heavy atom. The summed E-state index contributed by atoms with van der Waals surface area (Å²) in [6.45, 7) is 0.590. The van der Waals surface area contributed by atoms with Gasteiger partial charge in [-0.1, -0.05) is 39.1 Å². The number of alkyl halides is 1. The summed E-state index contributed by atoms with van der Waals surface area (Å²) in [5, 5.41) is 0.864. The molecule has 1 atom stereocenters. The average molecular weight is 310 g/mol. The number of pyridine rings is 1. The second kappa shape index (κ2) is 4.28. The lowest BCUT2D eigenvalue weighted by atomic mass is 10.4. The Morgan fingerprint density at radius 1 is 1.53 bits per heavy atom. The lowest BCUT2D eigenvalue weighted by Crippen LogP contribution is -2.25. The van der Waals surface area contributed by atoms with Gasteiger partial charge in [0.15, 0.2) is 5.82 Å². The zero-order valence-electron chi connectivity index (χ0n) is 7.58. The summed E-state index contributed by atoms with van der Waals surface area (Å²) in [7, 11) is 0. The number of nitrogens with zero attached hydrogens (tertiary/aromatic N) is 2. The quantitative estimate of drug-likeness (QED) is 0.747. The van der Waals surface area contributed by atoms with Crippen molar-refractivity contribution < 1.29 is 4.79 Å². The van der Waals surface area contributed by atoms with Gasteiger partial charge in [-0.05, 0) is 6.07 Å². The number of anilines is 1. The molecule has 1 saturated heterocycles. The molecule has 0 bridgehead atoms. The highest BCUT2D eigenvalue weighted by molar-refractivity contribution is 9.09. The summed E-state index contributed by atoms with van der Waals surface area (Å²) in [6.07, 6.45) is 1.96. The van der Waals surface area contributed by atoms with Gasteiger partial charge >= 0.3 is 0 Å². The molecule has 1 unspecified atom stereocenters. The van der Waals surface area contributed by atoms with Crippen molar-refractivity contribution in [1.82, 2.24) is 4.98 Å². The molecule has 0 saturated carbocycles. The maximum absolute atomic E-state index is 11.6. The summed E-state index contributed by atoms with van der Waals surface area (Å²) < 4.78 is 0. The monoisotopic (exact) mass is 308 g/mol. The van der Waals surface area contributed by atoms with Crippen molar-refractivity contribution in [3.8, 4) is 0 Å². The van der Waals surface area contributed by atoms with Crippen LogP contribution in [0.5, 0.6) is 0 Å². The van der Waals surface area contributed by atoms with Crippen molar-refractivity contribution in [2.45, 2.75) is 11.2 Å². The zero-order valence-corrected chi connectivity index (χ0v) is 10.7. The molecule has 2 rings (SSSR count). The summed E-state index contributed by atoms with van der Waals surface area (Å²) >= 11 is 15.1. The van der Waals surface area contributed by atoms with E-state index in [1.807, 2.05) is 0 Å². The molecular weight excluding hydrogens is 303 g/mol. The van der Waals surface area contributed by atoms with Crippen molar-refractivity contribution in [2.75, 3.05) is 11.4 Å². The van der Waals surface area contributed by atoms with Crippen LogP contribution in [-0.4, -0.2) is 22.3 Å². The predicted molar refractivity (Wildman–Crippen MR) is 63.9 cm³/mol. The Morgan fingerprint density at radius 3 is 2.80 bits per heavy atom. The zero-order chi connectivity index (χ0) is 11.0. The lowest BCUT2D eigenvalue weighted by molar-refractivity contribution is -0.117. The molecule has 1 aliphatic heterocycles. The van der Waals surface area contributed by atoms with Gasteiger partial charge in [0.25, 0.3) is 0 Å². The van der Waals surface area contributed by atoms with Gasteiger partial charge in [-0.15, -0.1) is 0 Å². The van der Waals surface area contributed by atoms with Gasteiger partial charge in [-0.3, -0.25) is 9.69 Å². The fourth-order valence-electron chi connectivity index (χ4n) is 1.47. The second-order valence-electron chi connectivity index (χ2n) is 3.26. The molecule has 1 amide bonds. The first kappa shape index (κ1) is 11.2. The summed E-state index contributed by atoms with van der Waals surface area (Å²) in [5.41, 5.74) is 0. The van der Waals surface area contributed by atoms with Crippen molar-refractivity contribution in [2.24, 2.45) is 0 Å². The first-order valence-corrected chi connectivity index (χ1v) is 6.00. The number of hydrogen-bond acceptors (Lipinski definition) is 2. The number of halogens is 3. The van der Waals surface area contributed by atoms with E-state index < -0.39 is 0 Å². The Labute approximate surface area is 106 Å². The molecule has 3 nitrogen and oxygen atoms in total. The topological polar surface area (TPSA) is 33.2 Å². The van der Waals surface area contributed by atoms with Crippen molar-refractivity contribution in [1.29, 1.82) is 0 Å². The fourth-order valence-corrected chi connectivity index (χ4v) is 2.52. The van der Waals surface area contributed by atoms with E-state index in [4.69, 9.17) is 23.2 Å². The van der Waals surface area contributed by atoms with Gasteiger partial charge in [0, 0.05) is 24.0 Å². The van der Waals surface area contributed by atoms with Crippen LogP contribution in [0.3, 0.4) is 0 Å². The van der Waals surface area contributed by atoms with Crippen LogP contribution in [0.15, 0.2) is 12.3 Å². The van der Waals surface area contributed by atoms with Crippen LogP contribution in [0.1, 0.15) is 6.42 Å². The van der Waals surface area contributed by atoms with Crippen LogP contribution in [0, 0.1) is 0 Å². The average Bonchev–Trinajstić information content (AvgIpc) is 2.45. The number of carbonyl (C=O) groups excluding carboxylic acids is 1. The number of rotatable bonds is 1. The van der Waals surface area contributed by atoms with E-state index >= 15 is 0 Å². The van der Waals surface area contributed by atoms with Crippen molar-refractivity contribution in [3.05, 3.63) is 22.3 Å². The second-order valence-corrected chi connectivity index (χ2v) is 5.40.